The lowest BCUT2D eigenvalue weighted by molar-refractivity contribution is -0.131. The average molecular weight is 259 g/mol. The first-order valence-electron chi connectivity index (χ1n) is 6.48. The summed E-state index contributed by atoms with van der Waals surface area (Å²) in [5.74, 6) is -0.826. The standard InChI is InChI=1S/C15H17NO3/c17-14-7-2-1-3-10-16(14)13-6-4-5-12(11-13)8-9-15(18)19/h4-6,8-9,11H,1-3,7,10H2,(H,18,19). The number of hydrogen-bond donors (Lipinski definition) is 1. The van der Waals surface area contributed by atoms with Crippen molar-refractivity contribution in [3.63, 3.8) is 0 Å². The Morgan fingerprint density at radius 2 is 2.11 bits per heavy atom. The van der Waals surface area contributed by atoms with Gasteiger partial charge in [-0.2, -0.15) is 0 Å². The summed E-state index contributed by atoms with van der Waals surface area (Å²) in [5.41, 5.74) is 1.64. The van der Waals surface area contributed by atoms with E-state index in [-0.39, 0.29) is 5.91 Å². The fourth-order valence-electron chi connectivity index (χ4n) is 2.22. The molecule has 0 aromatic heterocycles. The third-order valence-electron chi connectivity index (χ3n) is 3.17. The van der Waals surface area contributed by atoms with Crippen molar-refractivity contribution in [1.82, 2.24) is 0 Å². The first-order chi connectivity index (χ1) is 9.16. The van der Waals surface area contributed by atoms with Crippen molar-refractivity contribution in [2.24, 2.45) is 0 Å². The van der Waals surface area contributed by atoms with Gasteiger partial charge in [-0.05, 0) is 36.6 Å². The van der Waals surface area contributed by atoms with Crippen molar-refractivity contribution in [1.29, 1.82) is 0 Å². The molecule has 1 heterocycles. The number of amides is 1. The highest BCUT2D eigenvalue weighted by Gasteiger charge is 2.17. The quantitative estimate of drug-likeness (QED) is 0.849. The number of carbonyl (C=O) groups excluding carboxylic acids is 1. The van der Waals surface area contributed by atoms with Gasteiger partial charge in [0.15, 0.2) is 0 Å². The molecule has 2 rings (SSSR count). The average Bonchev–Trinajstić information content (AvgIpc) is 2.61. The van der Waals surface area contributed by atoms with Crippen LogP contribution in [0, 0.1) is 0 Å². The van der Waals surface area contributed by atoms with Gasteiger partial charge < -0.3 is 10.0 Å². The molecule has 100 valence electrons. The molecule has 0 aliphatic carbocycles. The second-order valence-corrected chi connectivity index (χ2v) is 4.62. The number of carboxylic acids is 1. The normalized spacial score (nSPS) is 16.6. The monoisotopic (exact) mass is 259 g/mol. The van der Waals surface area contributed by atoms with E-state index in [1.165, 1.54) is 6.08 Å². The first-order valence-corrected chi connectivity index (χ1v) is 6.48. The third kappa shape index (κ3) is 3.68. The minimum Gasteiger partial charge on any atom is -0.478 e. The largest absolute Gasteiger partial charge is 0.478 e. The summed E-state index contributed by atoms with van der Waals surface area (Å²) >= 11 is 0. The SMILES string of the molecule is O=C(O)C=Cc1cccc(N2CCCCCC2=O)c1. The molecule has 0 bridgehead atoms. The lowest BCUT2D eigenvalue weighted by Gasteiger charge is -2.20. The van der Waals surface area contributed by atoms with Crippen LogP contribution >= 0.6 is 0 Å². The van der Waals surface area contributed by atoms with Gasteiger partial charge in [0.2, 0.25) is 5.91 Å². The number of benzene rings is 1. The Hall–Kier alpha value is -2.10. The van der Waals surface area contributed by atoms with E-state index in [0.717, 1.165) is 43.1 Å². The van der Waals surface area contributed by atoms with E-state index in [1.807, 2.05) is 24.3 Å². The van der Waals surface area contributed by atoms with Gasteiger partial charge in [-0.1, -0.05) is 18.6 Å². The molecule has 1 aromatic carbocycles. The molecule has 0 radical (unpaired) electrons. The van der Waals surface area contributed by atoms with Crippen LogP contribution in [0.5, 0.6) is 0 Å². The van der Waals surface area contributed by atoms with Crippen LogP contribution in [0.2, 0.25) is 0 Å². The maximum Gasteiger partial charge on any atom is 0.328 e. The molecule has 4 heteroatoms. The van der Waals surface area contributed by atoms with Gasteiger partial charge in [0.1, 0.15) is 0 Å². The van der Waals surface area contributed by atoms with Crippen molar-refractivity contribution in [3.05, 3.63) is 35.9 Å². The molecule has 1 aromatic rings. The van der Waals surface area contributed by atoms with E-state index in [9.17, 15) is 9.59 Å². The maximum atomic E-state index is 12.0. The third-order valence-corrected chi connectivity index (χ3v) is 3.17. The Morgan fingerprint density at radius 3 is 2.89 bits per heavy atom. The summed E-state index contributed by atoms with van der Waals surface area (Å²) in [4.78, 5) is 24.3. The van der Waals surface area contributed by atoms with Crippen molar-refractivity contribution < 1.29 is 14.7 Å². The van der Waals surface area contributed by atoms with E-state index in [4.69, 9.17) is 5.11 Å². The fraction of sp³-hybridized carbons (Fsp3) is 0.333. The number of carboxylic acid groups (broad SMARTS) is 1. The van der Waals surface area contributed by atoms with Gasteiger partial charge in [0.05, 0.1) is 0 Å². The number of nitrogens with zero attached hydrogens (tertiary/aromatic N) is 1. The molecule has 1 aliphatic rings. The lowest BCUT2D eigenvalue weighted by Crippen LogP contribution is -2.29. The van der Waals surface area contributed by atoms with Crippen LogP contribution in [-0.4, -0.2) is 23.5 Å². The van der Waals surface area contributed by atoms with E-state index in [0.29, 0.717) is 6.42 Å². The number of rotatable bonds is 3. The van der Waals surface area contributed by atoms with E-state index in [1.54, 1.807) is 4.90 Å². The Balaban J connectivity index is 2.21. The zero-order valence-electron chi connectivity index (χ0n) is 10.7. The van der Waals surface area contributed by atoms with Crippen molar-refractivity contribution in [3.8, 4) is 0 Å². The minimum absolute atomic E-state index is 0.150. The Labute approximate surface area is 112 Å². The zero-order valence-corrected chi connectivity index (χ0v) is 10.7. The van der Waals surface area contributed by atoms with Crippen LogP contribution in [0.1, 0.15) is 31.2 Å². The summed E-state index contributed by atoms with van der Waals surface area (Å²) in [6.45, 7) is 0.741. The van der Waals surface area contributed by atoms with Crippen LogP contribution in [0.25, 0.3) is 6.08 Å². The van der Waals surface area contributed by atoms with Gasteiger partial charge in [0, 0.05) is 24.7 Å². The lowest BCUT2D eigenvalue weighted by atomic mass is 10.1. The van der Waals surface area contributed by atoms with Crippen LogP contribution in [0.3, 0.4) is 0 Å². The summed E-state index contributed by atoms with van der Waals surface area (Å²) in [7, 11) is 0. The van der Waals surface area contributed by atoms with Crippen molar-refractivity contribution in [2.45, 2.75) is 25.7 Å². The molecule has 0 unspecified atom stereocenters. The zero-order chi connectivity index (χ0) is 13.7. The van der Waals surface area contributed by atoms with Crippen LogP contribution < -0.4 is 4.90 Å². The molecule has 1 saturated heterocycles. The van der Waals surface area contributed by atoms with Crippen LogP contribution in [-0.2, 0) is 9.59 Å². The number of anilines is 1. The molecule has 1 aliphatic heterocycles. The second-order valence-electron chi connectivity index (χ2n) is 4.62. The van der Waals surface area contributed by atoms with E-state index in [2.05, 4.69) is 0 Å². The summed E-state index contributed by atoms with van der Waals surface area (Å²) < 4.78 is 0. The molecule has 1 fully saturated rings. The fourth-order valence-corrected chi connectivity index (χ4v) is 2.22. The molecular formula is C15H17NO3. The molecular weight excluding hydrogens is 242 g/mol. The molecule has 0 saturated carbocycles. The highest BCUT2D eigenvalue weighted by Crippen LogP contribution is 2.22. The van der Waals surface area contributed by atoms with E-state index < -0.39 is 5.97 Å². The molecule has 1 N–H and O–H groups in total. The maximum absolute atomic E-state index is 12.0. The Kier molecular flexibility index (Phi) is 4.34. The smallest absolute Gasteiger partial charge is 0.328 e. The van der Waals surface area contributed by atoms with Gasteiger partial charge in [-0.25, -0.2) is 4.79 Å². The molecule has 19 heavy (non-hydrogen) atoms. The number of hydrogen-bond acceptors (Lipinski definition) is 2. The van der Waals surface area contributed by atoms with Gasteiger partial charge in [-0.3, -0.25) is 4.79 Å². The van der Waals surface area contributed by atoms with Crippen LogP contribution in [0.4, 0.5) is 5.69 Å². The Morgan fingerprint density at radius 1 is 1.26 bits per heavy atom. The first kappa shape index (κ1) is 13.3. The Bertz CT molecular complexity index is 508. The summed E-state index contributed by atoms with van der Waals surface area (Å²) in [6, 6.07) is 7.41. The van der Waals surface area contributed by atoms with E-state index >= 15 is 0 Å². The van der Waals surface area contributed by atoms with Gasteiger partial charge in [0.25, 0.3) is 0 Å². The van der Waals surface area contributed by atoms with Crippen LogP contribution in [0.15, 0.2) is 30.3 Å². The van der Waals surface area contributed by atoms with Gasteiger partial charge in [-0.15, -0.1) is 0 Å². The number of carbonyl (C=O) groups is 2. The molecule has 4 nitrogen and oxygen atoms in total. The molecule has 0 atom stereocenters. The summed E-state index contributed by atoms with van der Waals surface area (Å²) in [5, 5.41) is 8.62. The predicted molar refractivity (Wildman–Crippen MR) is 73.9 cm³/mol. The second kappa shape index (κ2) is 6.18. The predicted octanol–water partition coefficient (Wildman–Crippen LogP) is 2.69. The number of aliphatic carboxylic acids is 1. The van der Waals surface area contributed by atoms with Crippen molar-refractivity contribution >= 4 is 23.6 Å². The molecule has 0 spiro atoms. The highest BCUT2D eigenvalue weighted by atomic mass is 16.4. The summed E-state index contributed by atoms with van der Waals surface area (Å²) in [6.07, 6.45) is 6.28. The molecule has 1 amide bonds. The topological polar surface area (TPSA) is 57.6 Å². The van der Waals surface area contributed by atoms with Crippen molar-refractivity contribution in [2.75, 3.05) is 11.4 Å². The highest BCUT2D eigenvalue weighted by molar-refractivity contribution is 5.94. The van der Waals surface area contributed by atoms with Gasteiger partial charge >= 0.3 is 5.97 Å². The minimum atomic E-state index is -0.976.